The smallest absolute Gasteiger partial charge is 0.338 e. The minimum atomic E-state index is -0.686. The molecule has 3 rings (SSSR count). The topological polar surface area (TPSA) is 94.1 Å². The Labute approximate surface area is 146 Å². The lowest BCUT2D eigenvalue weighted by Gasteiger charge is -2.11. The number of ether oxygens (including phenoxy) is 1. The van der Waals surface area contributed by atoms with Crippen LogP contribution in [-0.4, -0.2) is 27.6 Å². The molecule has 2 aromatic heterocycles. The number of rotatable bonds is 3. The predicted molar refractivity (Wildman–Crippen MR) is 94.1 cm³/mol. The second kappa shape index (κ2) is 6.52. The molecule has 0 unspecified atom stereocenters. The summed E-state index contributed by atoms with van der Waals surface area (Å²) in [6, 6.07) is 8.31. The van der Waals surface area contributed by atoms with Crippen molar-refractivity contribution in [3.8, 4) is 11.3 Å². The summed E-state index contributed by atoms with van der Waals surface area (Å²) < 4.78 is 6.08. The van der Waals surface area contributed by atoms with Crippen LogP contribution in [0.4, 0.5) is 0 Å². The fourth-order valence-electron chi connectivity index (χ4n) is 2.61. The molecule has 0 fully saturated rings. The van der Waals surface area contributed by atoms with Crippen LogP contribution in [0.15, 0.2) is 39.9 Å². The number of H-pyrrole nitrogens is 1. The number of carbonyl (C=O) groups excluding carboxylic acids is 1. The van der Waals surface area contributed by atoms with Crippen molar-refractivity contribution in [3.63, 3.8) is 0 Å². The van der Waals surface area contributed by atoms with Gasteiger partial charge in [0.1, 0.15) is 0 Å². The first-order valence-electron chi connectivity index (χ1n) is 7.48. The lowest BCUT2D eigenvalue weighted by molar-refractivity contribution is 0.0603. The number of carbonyl (C=O) groups is 1. The third-order valence-corrected chi connectivity index (χ3v) is 4.06. The zero-order chi connectivity index (χ0) is 18.1. The van der Waals surface area contributed by atoms with Crippen LogP contribution in [0.25, 0.3) is 22.3 Å². The third kappa shape index (κ3) is 2.94. The predicted octanol–water partition coefficient (Wildman–Crippen LogP) is 2.21. The molecule has 0 amide bonds. The Bertz CT molecular complexity index is 1080. The van der Waals surface area contributed by atoms with E-state index in [-0.39, 0.29) is 23.1 Å². The van der Waals surface area contributed by atoms with Gasteiger partial charge in [-0.1, -0.05) is 23.7 Å². The quantitative estimate of drug-likeness (QED) is 0.723. The van der Waals surface area contributed by atoms with Crippen LogP contribution in [0, 0.1) is 0 Å². The SMILES string of the molecule is CCn1c(=O)[nH]c(=O)c2c(C(=O)OC)cc(-c3ccc(Cl)cc3)nc21. The molecular weight excluding hydrogens is 346 g/mol. The standard InChI is InChI=1S/C17H14ClN3O4/c1-3-21-14-13(15(22)20-17(21)24)11(16(23)25-2)8-12(19-14)9-4-6-10(18)7-5-9/h4-8H,3H2,1-2H3,(H,20,22,24). The van der Waals surface area contributed by atoms with Crippen LogP contribution in [0.3, 0.4) is 0 Å². The van der Waals surface area contributed by atoms with Crippen LogP contribution in [0.2, 0.25) is 5.02 Å². The van der Waals surface area contributed by atoms with Crippen LogP contribution >= 0.6 is 11.6 Å². The first-order valence-corrected chi connectivity index (χ1v) is 7.86. The summed E-state index contributed by atoms with van der Waals surface area (Å²) in [4.78, 5) is 43.2. The second-order valence-corrected chi connectivity index (χ2v) is 5.69. The van der Waals surface area contributed by atoms with Gasteiger partial charge >= 0.3 is 11.7 Å². The number of aromatic nitrogens is 3. The average molecular weight is 360 g/mol. The molecule has 25 heavy (non-hydrogen) atoms. The number of aryl methyl sites for hydroxylation is 1. The molecular formula is C17H14ClN3O4. The summed E-state index contributed by atoms with van der Waals surface area (Å²) >= 11 is 5.90. The monoisotopic (exact) mass is 359 g/mol. The van der Waals surface area contributed by atoms with Gasteiger partial charge in [-0.2, -0.15) is 0 Å². The minimum Gasteiger partial charge on any atom is -0.465 e. The van der Waals surface area contributed by atoms with Crippen molar-refractivity contribution >= 4 is 28.6 Å². The summed E-state index contributed by atoms with van der Waals surface area (Å²) in [6.45, 7) is 2.03. The van der Waals surface area contributed by atoms with Crippen molar-refractivity contribution in [3.05, 3.63) is 61.8 Å². The Morgan fingerprint density at radius 1 is 1.28 bits per heavy atom. The highest BCUT2D eigenvalue weighted by atomic mass is 35.5. The van der Waals surface area contributed by atoms with Crippen LogP contribution in [-0.2, 0) is 11.3 Å². The fraction of sp³-hybridized carbons (Fsp3) is 0.176. The number of nitrogens with one attached hydrogen (secondary N) is 1. The van der Waals surface area contributed by atoms with E-state index < -0.39 is 17.2 Å². The van der Waals surface area contributed by atoms with E-state index in [2.05, 4.69) is 9.97 Å². The molecule has 3 aromatic rings. The number of benzene rings is 1. The number of nitrogens with zero attached hydrogens (tertiary/aromatic N) is 2. The van der Waals surface area contributed by atoms with Crippen molar-refractivity contribution in [2.45, 2.75) is 13.5 Å². The number of esters is 1. The number of aromatic amines is 1. The Kier molecular flexibility index (Phi) is 4.41. The molecule has 0 bridgehead atoms. The van der Waals surface area contributed by atoms with Crippen molar-refractivity contribution in [1.82, 2.24) is 14.5 Å². The number of hydrogen-bond donors (Lipinski definition) is 1. The summed E-state index contributed by atoms with van der Waals surface area (Å²) in [7, 11) is 1.22. The molecule has 1 aromatic carbocycles. The molecule has 0 aliphatic rings. The lowest BCUT2D eigenvalue weighted by atomic mass is 10.1. The molecule has 0 saturated carbocycles. The molecule has 2 heterocycles. The maximum absolute atomic E-state index is 12.3. The van der Waals surface area contributed by atoms with Gasteiger partial charge < -0.3 is 4.74 Å². The number of fused-ring (bicyclic) bond motifs is 1. The third-order valence-electron chi connectivity index (χ3n) is 3.81. The summed E-state index contributed by atoms with van der Waals surface area (Å²) in [5.41, 5.74) is 0.0189. The molecule has 0 spiro atoms. The van der Waals surface area contributed by atoms with E-state index in [9.17, 15) is 14.4 Å². The van der Waals surface area contributed by atoms with Gasteiger partial charge in [-0.3, -0.25) is 14.3 Å². The molecule has 0 aliphatic heterocycles. The van der Waals surface area contributed by atoms with E-state index in [1.54, 1.807) is 31.2 Å². The second-order valence-electron chi connectivity index (χ2n) is 5.26. The molecule has 0 atom stereocenters. The van der Waals surface area contributed by atoms with Gasteiger partial charge in [0.25, 0.3) is 5.56 Å². The molecule has 1 N–H and O–H groups in total. The van der Waals surface area contributed by atoms with Crippen molar-refractivity contribution in [2.24, 2.45) is 0 Å². The van der Waals surface area contributed by atoms with E-state index in [0.717, 1.165) is 0 Å². The van der Waals surface area contributed by atoms with Gasteiger partial charge in [-0.15, -0.1) is 0 Å². The molecule has 8 heteroatoms. The van der Waals surface area contributed by atoms with Gasteiger partial charge in [0, 0.05) is 17.1 Å². The fourth-order valence-corrected chi connectivity index (χ4v) is 2.73. The zero-order valence-electron chi connectivity index (χ0n) is 13.5. The van der Waals surface area contributed by atoms with Gasteiger partial charge in [-0.25, -0.2) is 14.6 Å². The van der Waals surface area contributed by atoms with Crippen LogP contribution in [0.1, 0.15) is 17.3 Å². The van der Waals surface area contributed by atoms with Gasteiger partial charge in [-0.05, 0) is 25.1 Å². The molecule has 128 valence electrons. The van der Waals surface area contributed by atoms with Gasteiger partial charge in [0.2, 0.25) is 0 Å². The van der Waals surface area contributed by atoms with Gasteiger partial charge in [0.05, 0.1) is 23.8 Å². The Hall–Kier alpha value is -2.93. The first kappa shape index (κ1) is 16.9. The van der Waals surface area contributed by atoms with E-state index in [0.29, 0.717) is 16.3 Å². The van der Waals surface area contributed by atoms with Crippen molar-refractivity contribution < 1.29 is 9.53 Å². The van der Waals surface area contributed by atoms with Crippen molar-refractivity contribution in [1.29, 1.82) is 0 Å². The summed E-state index contributed by atoms with van der Waals surface area (Å²) in [5, 5.41) is 0.575. The van der Waals surface area contributed by atoms with E-state index in [1.165, 1.54) is 17.7 Å². The zero-order valence-corrected chi connectivity index (χ0v) is 14.3. The maximum Gasteiger partial charge on any atom is 0.338 e. The van der Waals surface area contributed by atoms with E-state index >= 15 is 0 Å². The first-order chi connectivity index (χ1) is 12.0. The molecule has 0 saturated heterocycles. The maximum atomic E-state index is 12.3. The highest BCUT2D eigenvalue weighted by molar-refractivity contribution is 6.30. The molecule has 0 aliphatic carbocycles. The largest absolute Gasteiger partial charge is 0.465 e. The van der Waals surface area contributed by atoms with E-state index in [4.69, 9.17) is 16.3 Å². The Morgan fingerprint density at radius 2 is 1.96 bits per heavy atom. The minimum absolute atomic E-state index is 0.0195. The van der Waals surface area contributed by atoms with E-state index in [1.807, 2.05) is 0 Å². The Balaban J connectivity index is 2.45. The number of hydrogen-bond acceptors (Lipinski definition) is 5. The number of halogens is 1. The van der Waals surface area contributed by atoms with Crippen LogP contribution in [0.5, 0.6) is 0 Å². The number of methoxy groups -OCH3 is 1. The Morgan fingerprint density at radius 3 is 2.56 bits per heavy atom. The number of pyridine rings is 1. The average Bonchev–Trinajstić information content (AvgIpc) is 2.61. The highest BCUT2D eigenvalue weighted by Crippen LogP contribution is 2.24. The van der Waals surface area contributed by atoms with Crippen molar-refractivity contribution in [2.75, 3.05) is 7.11 Å². The van der Waals surface area contributed by atoms with Gasteiger partial charge in [0.15, 0.2) is 5.65 Å². The van der Waals surface area contributed by atoms with Crippen LogP contribution < -0.4 is 11.2 Å². The molecule has 7 nitrogen and oxygen atoms in total. The highest BCUT2D eigenvalue weighted by Gasteiger charge is 2.20. The summed E-state index contributed by atoms with van der Waals surface area (Å²) in [5.74, 6) is -0.686. The summed E-state index contributed by atoms with van der Waals surface area (Å²) in [6.07, 6.45) is 0. The molecule has 0 radical (unpaired) electrons. The lowest BCUT2D eigenvalue weighted by Crippen LogP contribution is -2.31. The normalized spacial score (nSPS) is 10.8.